The molecule has 0 spiro atoms. The monoisotopic (exact) mass is 452 g/mol. The van der Waals surface area contributed by atoms with E-state index >= 15 is 0 Å². The zero-order valence-corrected chi connectivity index (χ0v) is 23.8. The molecule has 0 aromatic heterocycles. The Bertz CT molecular complexity index is 1040. The van der Waals surface area contributed by atoms with Crippen LogP contribution in [0.15, 0.2) is 12.1 Å². The summed E-state index contributed by atoms with van der Waals surface area (Å²) in [7, 11) is 0. The van der Waals surface area contributed by atoms with Crippen molar-refractivity contribution in [1.29, 1.82) is 0 Å². The number of hydrogen-bond acceptors (Lipinski definition) is 2. The van der Waals surface area contributed by atoms with Crippen LogP contribution in [0.1, 0.15) is 128 Å². The second kappa shape index (κ2) is 8.36. The van der Waals surface area contributed by atoms with Gasteiger partial charge in [0, 0.05) is 17.5 Å². The first-order valence-electron chi connectivity index (χ1n) is 12.3. The Balaban J connectivity index is 3.02. The van der Waals surface area contributed by atoms with Crippen LogP contribution in [-0.4, -0.2) is 10.2 Å². The van der Waals surface area contributed by atoms with Gasteiger partial charge >= 0.3 is 0 Å². The predicted octanol–water partition coefficient (Wildman–Crippen LogP) is 8.50. The van der Waals surface area contributed by atoms with E-state index in [9.17, 15) is 10.2 Å². The lowest BCUT2D eigenvalue weighted by molar-refractivity contribution is 0.421. The summed E-state index contributed by atoms with van der Waals surface area (Å²) in [4.78, 5) is 0. The fourth-order valence-electron chi connectivity index (χ4n) is 5.53. The van der Waals surface area contributed by atoms with Crippen LogP contribution in [0.25, 0.3) is 0 Å². The summed E-state index contributed by atoms with van der Waals surface area (Å²) in [5.41, 5.74) is 7.98. The number of hydrogen-bond donors (Lipinski definition) is 2. The first-order valence-corrected chi connectivity index (χ1v) is 12.3. The molecule has 0 unspecified atom stereocenters. The summed E-state index contributed by atoms with van der Waals surface area (Å²) in [6.45, 7) is 30.6. The molecule has 0 radical (unpaired) electrons. The minimum atomic E-state index is -0.214. The van der Waals surface area contributed by atoms with Gasteiger partial charge in [0.1, 0.15) is 11.5 Å². The number of rotatable bonds is 2. The van der Waals surface area contributed by atoms with Gasteiger partial charge in [-0.3, -0.25) is 0 Å². The summed E-state index contributed by atoms with van der Waals surface area (Å²) < 4.78 is 0. The number of benzene rings is 2. The molecule has 184 valence electrons. The first-order chi connectivity index (χ1) is 14.6. The summed E-state index contributed by atoms with van der Waals surface area (Å²) in [5, 5.41) is 23.2. The third-order valence-corrected chi connectivity index (χ3v) is 6.58. The largest absolute Gasteiger partial charge is 0.507 e. The Hall–Kier alpha value is -1.96. The number of aromatic hydroxyl groups is 2. The Labute approximate surface area is 203 Å². The molecule has 0 aliphatic heterocycles. The van der Waals surface area contributed by atoms with Crippen LogP contribution in [0.2, 0.25) is 0 Å². The lowest BCUT2D eigenvalue weighted by atomic mass is 9.67. The molecular formula is C31H48O2. The highest BCUT2D eigenvalue weighted by Gasteiger charge is 2.36. The lowest BCUT2D eigenvalue weighted by Gasteiger charge is -2.38. The second-order valence-corrected chi connectivity index (χ2v) is 14.1. The molecule has 0 bridgehead atoms. The Morgan fingerprint density at radius 3 is 1.42 bits per heavy atom. The van der Waals surface area contributed by atoms with E-state index in [0.29, 0.717) is 17.9 Å². The van der Waals surface area contributed by atoms with Gasteiger partial charge in [-0.2, -0.15) is 0 Å². The average molecular weight is 453 g/mol. The van der Waals surface area contributed by atoms with Crippen LogP contribution < -0.4 is 0 Å². The van der Waals surface area contributed by atoms with Gasteiger partial charge in [0.2, 0.25) is 0 Å². The normalized spacial score (nSPS) is 13.5. The molecule has 0 heterocycles. The number of aryl methyl sites for hydroxylation is 1. The lowest BCUT2D eigenvalue weighted by Crippen LogP contribution is -2.28. The van der Waals surface area contributed by atoms with Crippen LogP contribution in [0.4, 0.5) is 0 Å². The summed E-state index contributed by atoms with van der Waals surface area (Å²) in [6.07, 6.45) is 0.503. The summed E-state index contributed by atoms with van der Waals surface area (Å²) >= 11 is 0. The molecule has 0 saturated carbocycles. The fourth-order valence-corrected chi connectivity index (χ4v) is 5.53. The van der Waals surface area contributed by atoms with Crippen molar-refractivity contribution in [1.82, 2.24) is 0 Å². The van der Waals surface area contributed by atoms with E-state index in [4.69, 9.17) is 0 Å². The van der Waals surface area contributed by atoms with Crippen LogP contribution in [0.5, 0.6) is 11.5 Å². The Kier molecular flexibility index (Phi) is 6.91. The van der Waals surface area contributed by atoms with E-state index in [1.54, 1.807) is 0 Å². The van der Waals surface area contributed by atoms with Gasteiger partial charge in [0.25, 0.3) is 0 Å². The highest BCUT2D eigenvalue weighted by atomic mass is 16.3. The molecule has 2 aromatic rings. The van der Waals surface area contributed by atoms with Gasteiger partial charge in [-0.25, -0.2) is 0 Å². The third-order valence-electron chi connectivity index (χ3n) is 6.58. The van der Waals surface area contributed by atoms with Gasteiger partial charge in [-0.15, -0.1) is 0 Å². The Morgan fingerprint density at radius 2 is 1.03 bits per heavy atom. The topological polar surface area (TPSA) is 40.5 Å². The standard InChI is InChI=1S/C31H48O2/c1-18-15-20(26(32)22(16-18)28(3,4)5)17-21-23(29(6,7)8)19(2)24(30(9,10)11)25(27(21)33)31(12,13)14/h15-16,32-33H,17H2,1-14H3. The zero-order chi connectivity index (χ0) is 25.9. The third kappa shape index (κ3) is 5.42. The van der Waals surface area contributed by atoms with Crippen molar-refractivity contribution >= 4 is 0 Å². The predicted molar refractivity (Wildman–Crippen MR) is 143 cm³/mol. The molecule has 0 atom stereocenters. The molecule has 0 aliphatic rings. The van der Waals surface area contributed by atoms with Gasteiger partial charge < -0.3 is 10.2 Å². The minimum absolute atomic E-state index is 0.104. The van der Waals surface area contributed by atoms with Crippen molar-refractivity contribution in [3.05, 3.63) is 56.6 Å². The molecule has 0 amide bonds. The van der Waals surface area contributed by atoms with E-state index in [-0.39, 0.29) is 21.7 Å². The van der Waals surface area contributed by atoms with E-state index in [1.807, 2.05) is 0 Å². The van der Waals surface area contributed by atoms with Gasteiger partial charge in [-0.1, -0.05) is 101 Å². The van der Waals surface area contributed by atoms with Crippen LogP contribution in [0, 0.1) is 13.8 Å². The molecule has 2 rings (SSSR count). The maximum atomic E-state index is 11.9. The molecule has 2 heteroatoms. The molecule has 2 N–H and O–H groups in total. The smallest absolute Gasteiger partial charge is 0.123 e. The van der Waals surface area contributed by atoms with E-state index in [1.165, 1.54) is 16.7 Å². The molecule has 2 aromatic carbocycles. The van der Waals surface area contributed by atoms with E-state index in [0.717, 1.165) is 27.8 Å². The van der Waals surface area contributed by atoms with Gasteiger partial charge in [0.05, 0.1) is 0 Å². The summed E-state index contributed by atoms with van der Waals surface area (Å²) in [5.74, 6) is 0.739. The highest BCUT2D eigenvalue weighted by Crippen LogP contribution is 2.49. The van der Waals surface area contributed by atoms with E-state index < -0.39 is 0 Å². The minimum Gasteiger partial charge on any atom is -0.507 e. The maximum Gasteiger partial charge on any atom is 0.123 e. The SMILES string of the molecule is Cc1cc(Cc2c(O)c(C(C)(C)C)c(C(C)(C)C)c(C)c2C(C)(C)C)c(O)c(C(C)(C)C)c1. The number of phenolic OH excluding ortho intramolecular Hbond substituents is 2. The van der Waals surface area contributed by atoms with E-state index in [2.05, 4.69) is 109 Å². The van der Waals surface area contributed by atoms with Crippen LogP contribution >= 0.6 is 0 Å². The van der Waals surface area contributed by atoms with Gasteiger partial charge in [0.15, 0.2) is 0 Å². The van der Waals surface area contributed by atoms with Crippen molar-refractivity contribution in [3.8, 4) is 11.5 Å². The quantitative estimate of drug-likeness (QED) is 0.479. The van der Waals surface area contributed by atoms with Crippen LogP contribution in [-0.2, 0) is 28.1 Å². The average Bonchev–Trinajstić information content (AvgIpc) is 2.55. The molecular weight excluding hydrogens is 404 g/mol. The second-order valence-electron chi connectivity index (χ2n) is 14.1. The number of phenols is 2. The molecule has 33 heavy (non-hydrogen) atoms. The first kappa shape index (κ1) is 27.3. The summed E-state index contributed by atoms with van der Waals surface area (Å²) in [6, 6.07) is 4.15. The van der Waals surface area contributed by atoms with Crippen molar-refractivity contribution in [2.24, 2.45) is 0 Å². The van der Waals surface area contributed by atoms with Crippen molar-refractivity contribution < 1.29 is 10.2 Å². The fraction of sp³-hybridized carbons (Fsp3) is 0.613. The molecule has 0 fully saturated rings. The zero-order valence-electron chi connectivity index (χ0n) is 23.8. The molecule has 2 nitrogen and oxygen atoms in total. The molecule has 0 saturated heterocycles. The van der Waals surface area contributed by atoms with Crippen LogP contribution in [0.3, 0.4) is 0 Å². The van der Waals surface area contributed by atoms with Crippen molar-refractivity contribution in [2.75, 3.05) is 0 Å². The van der Waals surface area contributed by atoms with Crippen molar-refractivity contribution in [2.45, 2.75) is 125 Å². The van der Waals surface area contributed by atoms with Gasteiger partial charge in [-0.05, 0) is 63.3 Å². The highest BCUT2D eigenvalue weighted by molar-refractivity contribution is 5.63. The van der Waals surface area contributed by atoms with Crippen molar-refractivity contribution in [3.63, 3.8) is 0 Å². The maximum absolute atomic E-state index is 11.9. The Morgan fingerprint density at radius 1 is 0.576 bits per heavy atom. The molecule has 0 aliphatic carbocycles.